The fraction of sp³-hybridized carbons (Fsp3) is 0.438. The number of β-lactam (4-membered cyclic amide) rings is 1. The van der Waals surface area contributed by atoms with Gasteiger partial charge in [-0.05, 0) is 19.4 Å². The monoisotopic (exact) mass is 456 g/mol. The summed E-state index contributed by atoms with van der Waals surface area (Å²) in [6.07, 6.45) is 0. The molecule has 0 saturated carbocycles. The van der Waals surface area contributed by atoms with Gasteiger partial charge in [-0.3, -0.25) is 9.69 Å². The summed E-state index contributed by atoms with van der Waals surface area (Å²) < 4.78 is 15.7. The highest BCUT2D eigenvalue weighted by molar-refractivity contribution is 8.01. The largest absolute Gasteiger partial charge is 0.519 e. The van der Waals surface area contributed by atoms with E-state index in [1.165, 1.54) is 46.7 Å². The van der Waals surface area contributed by atoms with Gasteiger partial charge < -0.3 is 19.3 Å². The molecule has 2 aliphatic heterocycles. The number of aromatic nitrogens is 2. The molecule has 4 heterocycles. The fourth-order valence-electron chi connectivity index (χ4n) is 2.87. The van der Waals surface area contributed by atoms with Crippen molar-refractivity contribution in [3.63, 3.8) is 0 Å². The molecule has 0 aliphatic carbocycles. The summed E-state index contributed by atoms with van der Waals surface area (Å²) in [6, 6.07) is -0.642. The summed E-state index contributed by atoms with van der Waals surface area (Å²) in [6.45, 7) is 3.12. The molecule has 2 aromatic heterocycles. The van der Waals surface area contributed by atoms with Crippen LogP contribution in [0, 0.1) is 13.8 Å². The Labute approximate surface area is 176 Å². The van der Waals surface area contributed by atoms with Gasteiger partial charge in [-0.25, -0.2) is 9.59 Å². The van der Waals surface area contributed by atoms with E-state index in [-0.39, 0.29) is 35.1 Å². The third-order valence-electron chi connectivity index (χ3n) is 4.33. The summed E-state index contributed by atoms with van der Waals surface area (Å²) in [5.74, 6) is -0.516. The zero-order chi connectivity index (χ0) is 20.7. The van der Waals surface area contributed by atoms with Crippen LogP contribution in [0.3, 0.4) is 0 Å². The molecule has 4 rings (SSSR count). The Balaban J connectivity index is 1.55. The molecule has 29 heavy (non-hydrogen) atoms. The Morgan fingerprint density at radius 1 is 1.34 bits per heavy atom. The van der Waals surface area contributed by atoms with E-state index in [2.05, 4.69) is 10.2 Å². The number of thioether (sulfide) groups is 2. The van der Waals surface area contributed by atoms with Crippen LogP contribution in [0.15, 0.2) is 29.2 Å². The second kappa shape index (κ2) is 7.97. The lowest BCUT2D eigenvalue weighted by atomic mass is 10.0. The van der Waals surface area contributed by atoms with Crippen LogP contribution in [0.5, 0.6) is 0 Å². The first-order valence-corrected chi connectivity index (χ1v) is 11.3. The minimum atomic E-state index is -0.866. The summed E-state index contributed by atoms with van der Waals surface area (Å²) in [4.78, 5) is 37.7. The number of hydrogen-bond donors (Lipinski definition) is 1. The van der Waals surface area contributed by atoms with E-state index in [1.54, 1.807) is 0 Å². The summed E-state index contributed by atoms with van der Waals surface area (Å²) in [5.41, 5.74) is 6.81. The van der Waals surface area contributed by atoms with E-state index < -0.39 is 17.8 Å². The zero-order valence-electron chi connectivity index (χ0n) is 15.4. The Kier molecular flexibility index (Phi) is 5.55. The molecule has 2 atom stereocenters. The molecule has 1 saturated heterocycles. The maximum Gasteiger partial charge on any atom is 0.519 e. The van der Waals surface area contributed by atoms with Gasteiger partial charge in [0.15, 0.2) is 22.5 Å². The number of ether oxygens (including phenoxy) is 1. The number of hydrogen-bond acceptors (Lipinski definition) is 12. The summed E-state index contributed by atoms with van der Waals surface area (Å²) >= 11 is 4.40. The molecule has 13 heteroatoms. The number of carbonyl (C=O) groups excluding carboxylic acids is 2. The molecular weight excluding hydrogens is 440 g/mol. The van der Waals surface area contributed by atoms with E-state index in [4.69, 9.17) is 19.3 Å². The van der Waals surface area contributed by atoms with E-state index in [0.717, 1.165) is 14.9 Å². The van der Waals surface area contributed by atoms with Crippen molar-refractivity contribution in [3.8, 4) is 0 Å². The Morgan fingerprint density at radius 2 is 2.14 bits per heavy atom. The predicted octanol–water partition coefficient (Wildman–Crippen LogP) is 1.03. The average molecular weight is 457 g/mol. The van der Waals surface area contributed by atoms with Crippen LogP contribution in [0.1, 0.15) is 16.5 Å². The normalized spacial score (nSPS) is 21.2. The number of nitrogens with two attached hydrogens (primary N) is 1. The number of amides is 1. The van der Waals surface area contributed by atoms with Gasteiger partial charge >= 0.3 is 11.8 Å². The molecule has 2 aliphatic rings. The lowest BCUT2D eigenvalue weighted by Crippen LogP contribution is -2.68. The molecule has 2 N–H and O–H groups in total. The van der Waals surface area contributed by atoms with Gasteiger partial charge in [0.2, 0.25) is 5.91 Å². The maximum absolute atomic E-state index is 12.8. The van der Waals surface area contributed by atoms with Crippen molar-refractivity contribution >= 4 is 46.7 Å². The Hall–Kier alpha value is -2.09. The molecular formula is C16H16N4O6S3. The molecule has 1 fully saturated rings. The van der Waals surface area contributed by atoms with E-state index >= 15 is 0 Å². The topological polar surface area (TPSA) is 142 Å². The van der Waals surface area contributed by atoms with Gasteiger partial charge in [0, 0.05) is 11.5 Å². The van der Waals surface area contributed by atoms with Crippen LogP contribution in [0.2, 0.25) is 0 Å². The molecule has 10 nitrogen and oxygen atoms in total. The molecule has 0 spiro atoms. The lowest BCUT2D eigenvalue weighted by molar-refractivity contribution is -0.151. The Bertz CT molecular complexity index is 1060. The third kappa shape index (κ3) is 3.86. The zero-order valence-corrected chi connectivity index (χ0v) is 17.8. The minimum Gasteiger partial charge on any atom is -0.453 e. The van der Waals surface area contributed by atoms with Crippen LogP contribution >= 0.6 is 34.9 Å². The smallest absolute Gasteiger partial charge is 0.453 e. The molecule has 154 valence electrons. The number of nitrogens with zero attached hydrogens (tertiary/aromatic N) is 3. The fourth-order valence-corrected chi connectivity index (χ4v) is 6.12. The number of rotatable bonds is 6. The van der Waals surface area contributed by atoms with Crippen molar-refractivity contribution in [2.45, 2.75) is 36.2 Å². The first kappa shape index (κ1) is 20.2. The first-order chi connectivity index (χ1) is 13.8. The van der Waals surface area contributed by atoms with Crippen LogP contribution < -0.4 is 11.6 Å². The SMILES string of the molecule is Cc1nnc(SCC2=C(C(=O)OCc3oc(=O)oc3C)N3C(=O)C(N)[C@H]3SC2)s1. The number of fused-ring (bicyclic) bond motifs is 1. The molecule has 0 bridgehead atoms. The van der Waals surface area contributed by atoms with Crippen LogP contribution in [-0.2, 0) is 20.9 Å². The summed E-state index contributed by atoms with van der Waals surface area (Å²) in [5, 5.41) is 8.59. The molecule has 0 aromatic carbocycles. The van der Waals surface area contributed by atoms with Crippen molar-refractivity contribution in [1.82, 2.24) is 15.1 Å². The van der Waals surface area contributed by atoms with Crippen molar-refractivity contribution < 1.29 is 23.2 Å². The number of aryl methyl sites for hydroxylation is 2. The third-order valence-corrected chi connectivity index (χ3v) is 7.75. The molecule has 1 unspecified atom stereocenters. The molecule has 0 radical (unpaired) electrons. The minimum absolute atomic E-state index is 0.123. The molecule has 2 aromatic rings. The van der Waals surface area contributed by atoms with Crippen molar-refractivity contribution in [1.29, 1.82) is 0 Å². The van der Waals surface area contributed by atoms with E-state index in [1.807, 2.05) is 6.92 Å². The summed E-state index contributed by atoms with van der Waals surface area (Å²) in [7, 11) is 0. The van der Waals surface area contributed by atoms with Gasteiger partial charge in [-0.2, -0.15) is 0 Å². The second-order valence-electron chi connectivity index (χ2n) is 6.27. The second-order valence-corrected chi connectivity index (χ2v) is 9.78. The van der Waals surface area contributed by atoms with Crippen LogP contribution in [0.4, 0.5) is 0 Å². The van der Waals surface area contributed by atoms with Crippen molar-refractivity contribution in [2.75, 3.05) is 11.5 Å². The Morgan fingerprint density at radius 3 is 2.79 bits per heavy atom. The van der Waals surface area contributed by atoms with E-state index in [9.17, 15) is 14.4 Å². The highest BCUT2D eigenvalue weighted by Gasteiger charge is 2.52. The van der Waals surface area contributed by atoms with Crippen LogP contribution in [0.25, 0.3) is 0 Å². The highest BCUT2D eigenvalue weighted by atomic mass is 32.2. The first-order valence-electron chi connectivity index (χ1n) is 8.47. The molecule has 1 amide bonds. The van der Waals surface area contributed by atoms with Crippen molar-refractivity contribution in [3.05, 3.63) is 38.4 Å². The predicted molar refractivity (Wildman–Crippen MR) is 105 cm³/mol. The van der Waals surface area contributed by atoms with Gasteiger partial charge in [0.25, 0.3) is 0 Å². The highest BCUT2D eigenvalue weighted by Crippen LogP contribution is 2.41. The van der Waals surface area contributed by atoms with Gasteiger partial charge in [-0.1, -0.05) is 23.1 Å². The van der Waals surface area contributed by atoms with Gasteiger partial charge in [0.1, 0.15) is 22.1 Å². The van der Waals surface area contributed by atoms with Gasteiger partial charge in [0.05, 0.1) is 0 Å². The number of esters is 1. The van der Waals surface area contributed by atoms with E-state index in [0.29, 0.717) is 11.5 Å². The van der Waals surface area contributed by atoms with Gasteiger partial charge in [-0.15, -0.1) is 22.0 Å². The average Bonchev–Trinajstić information content (AvgIpc) is 3.26. The maximum atomic E-state index is 12.8. The quantitative estimate of drug-likeness (QED) is 0.378. The lowest BCUT2D eigenvalue weighted by Gasteiger charge is -2.48. The standard InChI is InChI=1S/C16H16N4O6S3/c1-6-9(26-16(23)25-6)3-24-14(22)11-8(5-28-15-19-18-7(2)29-15)4-27-13-10(17)12(21)20(11)13/h10,13H,3-5,17H2,1-2H3/t10?,13-/m1/s1. The number of carbonyl (C=O) groups is 2. The van der Waals surface area contributed by atoms with Crippen LogP contribution in [-0.4, -0.2) is 49.9 Å². The van der Waals surface area contributed by atoms with Crippen molar-refractivity contribution in [2.24, 2.45) is 5.73 Å².